The van der Waals surface area contributed by atoms with Gasteiger partial charge in [0, 0.05) is 0 Å². The largest absolute Gasteiger partial charge is 0.493 e. The Balaban J connectivity index is 1.49. The highest BCUT2D eigenvalue weighted by Gasteiger charge is 2.33. The van der Waals surface area contributed by atoms with Gasteiger partial charge in [0.25, 0.3) is 0 Å². The van der Waals surface area contributed by atoms with Crippen LogP contribution in [0.3, 0.4) is 0 Å². The normalized spacial score (nSPS) is 15.0. The van der Waals surface area contributed by atoms with Gasteiger partial charge in [-0.3, -0.25) is 0 Å². The van der Waals surface area contributed by atoms with Crippen LogP contribution in [0.5, 0.6) is 11.5 Å². The van der Waals surface area contributed by atoms with E-state index in [1.807, 2.05) is 66.7 Å². The second-order valence-corrected chi connectivity index (χ2v) is 9.15. The number of thiocarbonyl (C=S) groups is 1. The molecule has 5 rings (SSSR count). The number of ether oxygens (including phenoxy) is 3. The molecule has 0 bridgehead atoms. The maximum atomic E-state index is 13.2. The molecule has 7 heteroatoms. The first-order valence-corrected chi connectivity index (χ1v) is 12.8. The summed E-state index contributed by atoms with van der Waals surface area (Å²) >= 11 is 5.52. The Hall–Kier alpha value is -4.36. The molecule has 0 spiro atoms. The van der Waals surface area contributed by atoms with Crippen LogP contribution in [0.2, 0.25) is 0 Å². The summed E-state index contributed by atoms with van der Waals surface area (Å²) in [5.74, 6) is 0.734. The highest BCUT2D eigenvalue weighted by Crippen LogP contribution is 2.37. The molecule has 1 atom stereocenters. The average molecular weight is 525 g/mol. The van der Waals surface area contributed by atoms with Gasteiger partial charge in [-0.25, -0.2) is 4.79 Å². The molecule has 6 nitrogen and oxygen atoms in total. The SMILES string of the molecule is CCOC(=O)C1=C(c2ccccc2)NC(=S)N[C@@H]1c1ccc(OCc2cccc3ccccc23)c(OC)c1. The maximum absolute atomic E-state index is 13.2. The minimum atomic E-state index is -0.543. The van der Waals surface area contributed by atoms with Crippen molar-refractivity contribution in [3.63, 3.8) is 0 Å². The van der Waals surface area contributed by atoms with Crippen LogP contribution in [0.4, 0.5) is 0 Å². The topological polar surface area (TPSA) is 68.8 Å². The van der Waals surface area contributed by atoms with Crippen LogP contribution in [0.25, 0.3) is 16.5 Å². The fourth-order valence-corrected chi connectivity index (χ4v) is 4.85. The third-order valence-corrected chi connectivity index (χ3v) is 6.63. The van der Waals surface area contributed by atoms with Crippen LogP contribution in [0.15, 0.2) is 96.6 Å². The Morgan fingerprint density at radius 1 is 0.921 bits per heavy atom. The third kappa shape index (κ3) is 5.19. The van der Waals surface area contributed by atoms with Gasteiger partial charge in [-0.15, -0.1) is 0 Å². The van der Waals surface area contributed by atoms with Gasteiger partial charge in [-0.2, -0.15) is 0 Å². The smallest absolute Gasteiger partial charge is 0.338 e. The lowest BCUT2D eigenvalue weighted by Crippen LogP contribution is -2.45. The molecule has 0 aliphatic carbocycles. The van der Waals surface area contributed by atoms with E-state index >= 15 is 0 Å². The lowest BCUT2D eigenvalue weighted by molar-refractivity contribution is -0.138. The quantitative estimate of drug-likeness (QED) is 0.219. The van der Waals surface area contributed by atoms with Gasteiger partial charge in [0.15, 0.2) is 16.6 Å². The summed E-state index contributed by atoms with van der Waals surface area (Å²) in [7, 11) is 1.60. The molecule has 38 heavy (non-hydrogen) atoms. The zero-order valence-corrected chi connectivity index (χ0v) is 22.0. The number of nitrogens with one attached hydrogen (secondary N) is 2. The molecule has 0 saturated heterocycles. The van der Waals surface area contributed by atoms with E-state index in [1.165, 1.54) is 0 Å². The molecule has 1 aliphatic rings. The molecule has 1 heterocycles. The maximum Gasteiger partial charge on any atom is 0.338 e. The number of esters is 1. The van der Waals surface area contributed by atoms with Gasteiger partial charge in [0.1, 0.15) is 6.61 Å². The van der Waals surface area contributed by atoms with Crippen molar-refractivity contribution in [1.82, 2.24) is 10.6 Å². The highest BCUT2D eigenvalue weighted by atomic mass is 32.1. The summed E-state index contributed by atoms with van der Waals surface area (Å²) < 4.78 is 17.3. The van der Waals surface area contributed by atoms with Crippen LogP contribution in [-0.2, 0) is 16.1 Å². The zero-order chi connectivity index (χ0) is 26.5. The zero-order valence-electron chi connectivity index (χ0n) is 21.2. The van der Waals surface area contributed by atoms with Gasteiger partial charge in [-0.1, -0.05) is 78.9 Å². The number of hydrogen-bond donors (Lipinski definition) is 2. The minimum Gasteiger partial charge on any atom is -0.493 e. The fourth-order valence-electron chi connectivity index (χ4n) is 4.63. The summed E-state index contributed by atoms with van der Waals surface area (Å²) in [6.45, 7) is 2.43. The number of hydrogen-bond acceptors (Lipinski definition) is 5. The second-order valence-electron chi connectivity index (χ2n) is 8.74. The Bertz CT molecular complexity index is 1510. The molecule has 0 amide bonds. The monoisotopic (exact) mass is 524 g/mol. The first kappa shape index (κ1) is 25.3. The van der Waals surface area contributed by atoms with E-state index in [0.717, 1.165) is 27.5 Å². The summed E-state index contributed by atoms with van der Waals surface area (Å²) in [5, 5.41) is 9.12. The van der Waals surface area contributed by atoms with Crippen molar-refractivity contribution >= 4 is 39.8 Å². The molecule has 0 aromatic heterocycles. The van der Waals surface area contributed by atoms with E-state index in [4.69, 9.17) is 26.4 Å². The van der Waals surface area contributed by atoms with E-state index in [-0.39, 0.29) is 6.61 Å². The fraction of sp³-hybridized carbons (Fsp3) is 0.161. The number of fused-ring (bicyclic) bond motifs is 1. The first-order valence-electron chi connectivity index (χ1n) is 12.4. The molecule has 1 aliphatic heterocycles. The molecule has 4 aromatic rings. The number of benzene rings is 4. The van der Waals surface area contributed by atoms with E-state index < -0.39 is 12.0 Å². The Labute approximate surface area is 227 Å². The minimum absolute atomic E-state index is 0.256. The lowest BCUT2D eigenvalue weighted by Gasteiger charge is -2.31. The van der Waals surface area contributed by atoms with Crippen molar-refractivity contribution in [3.05, 3.63) is 113 Å². The second kappa shape index (κ2) is 11.4. The van der Waals surface area contributed by atoms with E-state index in [0.29, 0.717) is 34.5 Å². The predicted octanol–water partition coefficient (Wildman–Crippen LogP) is 5.92. The molecule has 4 aromatic carbocycles. The van der Waals surface area contributed by atoms with Crippen LogP contribution >= 0.6 is 12.2 Å². The van der Waals surface area contributed by atoms with E-state index in [1.54, 1.807) is 14.0 Å². The molecule has 0 radical (unpaired) electrons. The first-order chi connectivity index (χ1) is 18.6. The molecular formula is C31H28N2O4S. The summed E-state index contributed by atoms with van der Waals surface area (Å²) in [6, 6.07) is 29.1. The molecule has 0 saturated carbocycles. The van der Waals surface area contributed by atoms with Crippen molar-refractivity contribution in [2.75, 3.05) is 13.7 Å². The van der Waals surface area contributed by atoms with E-state index in [9.17, 15) is 4.79 Å². The summed E-state index contributed by atoms with van der Waals surface area (Å²) in [6.07, 6.45) is 0. The Kier molecular flexibility index (Phi) is 7.56. The molecule has 192 valence electrons. The van der Waals surface area contributed by atoms with Gasteiger partial charge in [0.05, 0.1) is 31.0 Å². The predicted molar refractivity (Wildman–Crippen MR) is 153 cm³/mol. The van der Waals surface area contributed by atoms with Gasteiger partial charge in [-0.05, 0) is 58.7 Å². The summed E-state index contributed by atoms with van der Waals surface area (Å²) in [5.41, 5.74) is 3.77. The lowest BCUT2D eigenvalue weighted by atomic mass is 9.92. The Morgan fingerprint density at radius 3 is 2.47 bits per heavy atom. The van der Waals surface area contributed by atoms with Crippen molar-refractivity contribution in [2.45, 2.75) is 19.6 Å². The molecule has 2 N–H and O–H groups in total. The number of rotatable bonds is 8. The van der Waals surface area contributed by atoms with Crippen LogP contribution < -0.4 is 20.1 Å². The molecule has 0 fully saturated rings. The molecular weight excluding hydrogens is 496 g/mol. The highest BCUT2D eigenvalue weighted by molar-refractivity contribution is 7.80. The molecule has 0 unspecified atom stereocenters. The number of carbonyl (C=O) groups excluding carboxylic acids is 1. The standard InChI is InChI=1S/C31H28N2O4S/c1-3-36-30(34)27-28(21-11-5-4-6-12-21)32-31(38)33-29(27)22-16-17-25(26(18-22)35-2)37-19-23-14-9-13-20-10-7-8-15-24(20)23/h4-18,29H,3,19H2,1-2H3,(H2,32,33,38)/t29-/m1/s1. The van der Waals surface area contributed by atoms with Gasteiger partial charge >= 0.3 is 5.97 Å². The van der Waals surface area contributed by atoms with Crippen molar-refractivity contribution in [2.24, 2.45) is 0 Å². The van der Waals surface area contributed by atoms with Crippen molar-refractivity contribution < 1.29 is 19.0 Å². The third-order valence-electron chi connectivity index (χ3n) is 6.41. The summed E-state index contributed by atoms with van der Waals surface area (Å²) in [4.78, 5) is 13.2. The van der Waals surface area contributed by atoms with Crippen LogP contribution in [0, 0.1) is 0 Å². The van der Waals surface area contributed by atoms with Crippen LogP contribution in [0.1, 0.15) is 29.7 Å². The number of carbonyl (C=O) groups is 1. The Morgan fingerprint density at radius 2 is 1.68 bits per heavy atom. The van der Waals surface area contributed by atoms with Gasteiger partial charge in [0.2, 0.25) is 0 Å². The van der Waals surface area contributed by atoms with Crippen LogP contribution in [-0.4, -0.2) is 24.8 Å². The van der Waals surface area contributed by atoms with Crippen molar-refractivity contribution in [1.29, 1.82) is 0 Å². The average Bonchev–Trinajstić information content (AvgIpc) is 2.96. The van der Waals surface area contributed by atoms with E-state index in [2.05, 4.69) is 34.9 Å². The van der Waals surface area contributed by atoms with Gasteiger partial charge < -0.3 is 24.8 Å². The van der Waals surface area contributed by atoms with Crippen molar-refractivity contribution in [3.8, 4) is 11.5 Å². The number of methoxy groups -OCH3 is 1.